The Kier molecular flexibility index (Phi) is 7.13. The molecular weight excluding hydrogens is 434 g/mol. The molecule has 3 fully saturated rings. The van der Waals surface area contributed by atoms with Crippen LogP contribution >= 0.6 is 0 Å². The zero-order valence-corrected chi connectivity index (χ0v) is 20.8. The van der Waals surface area contributed by atoms with Crippen LogP contribution in [0.25, 0.3) is 0 Å². The molecule has 2 N–H and O–H groups in total. The van der Waals surface area contributed by atoms with Crippen molar-refractivity contribution in [2.75, 3.05) is 31.5 Å². The lowest BCUT2D eigenvalue weighted by molar-refractivity contribution is 0.0610. The van der Waals surface area contributed by atoms with Crippen molar-refractivity contribution in [3.8, 4) is 11.8 Å². The van der Waals surface area contributed by atoms with Crippen LogP contribution in [0, 0.1) is 18.8 Å². The van der Waals surface area contributed by atoms with E-state index in [1.54, 1.807) is 0 Å². The fourth-order valence-corrected chi connectivity index (χ4v) is 5.90. The van der Waals surface area contributed by atoms with Crippen LogP contribution in [0.5, 0.6) is 0 Å². The standard InChI is InChI=1S/C30H37N3O2/c1-23-6-12-26(13-7-23)31-29(34)33-20-5-19-32-21-15-27(28(32)22-33)25-10-8-24(9-11-25)14-18-30(35)16-3-2-4-17-30/h6-13,27-28,35H,2-5,15-17,19-22H2,1H3,(H,31,34)/t27-,28+/m1/s1. The molecule has 2 aliphatic heterocycles. The van der Waals surface area contributed by atoms with E-state index in [0.717, 1.165) is 76.0 Å². The molecule has 0 aromatic heterocycles. The van der Waals surface area contributed by atoms with Crippen LogP contribution in [0.15, 0.2) is 48.5 Å². The molecule has 0 bridgehead atoms. The average molecular weight is 472 g/mol. The van der Waals surface area contributed by atoms with Gasteiger partial charge in [0.15, 0.2) is 0 Å². The summed E-state index contributed by atoms with van der Waals surface area (Å²) in [4.78, 5) is 17.6. The number of fused-ring (bicyclic) bond motifs is 1. The summed E-state index contributed by atoms with van der Waals surface area (Å²) < 4.78 is 0. The molecular formula is C30H37N3O2. The van der Waals surface area contributed by atoms with Crippen molar-refractivity contribution in [3.63, 3.8) is 0 Å². The normalized spacial score (nSPS) is 24.1. The largest absolute Gasteiger partial charge is 0.378 e. The number of carbonyl (C=O) groups excluding carboxylic acids is 1. The quantitative estimate of drug-likeness (QED) is 0.597. The zero-order valence-electron chi connectivity index (χ0n) is 20.8. The predicted molar refractivity (Wildman–Crippen MR) is 140 cm³/mol. The van der Waals surface area contributed by atoms with Crippen molar-refractivity contribution in [3.05, 3.63) is 65.2 Å². The molecule has 5 rings (SSSR count). The molecule has 5 nitrogen and oxygen atoms in total. The van der Waals surface area contributed by atoms with Crippen molar-refractivity contribution in [1.82, 2.24) is 9.80 Å². The molecule has 3 aliphatic rings. The SMILES string of the molecule is Cc1ccc(NC(=O)N2CCCN3CC[C@H](c4ccc(C#CC5(O)CCCCC5)cc4)[C@@H]3C2)cc1. The first-order valence-corrected chi connectivity index (χ1v) is 13.2. The number of aryl methyl sites for hydroxylation is 1. The van der Waals surface area contributed by atoms with E-state index in [9.17, 15) is 9.90 Å². The van der Waals surface area contributed by atoms with E-state index in [0.29, 0.717) is 12.0 Å². The lowest BCUT2D eigenvalue weighted by atomic mass is 9.85. The van der Waals surface area contributed by atoms with Gasteiger partial charge in [-0.05, 0) is 81.8 Å². The number of carbonyl (C=O) groups is 1. The minimum Gasteiger partial charge on any atom is -0.378 e. The van der Waals surface area contributed by atoms with Gasteiger partial charge in [0, 0.05) is 42.8 Å². The first kappa shape index (κ1) is 23.9. The van der Waals surface area contributed by atoms with E-state index in [1.807, 2.05) is 36.1 Å². The molecule has 5 heteroatoms. The minimum atomic E-state index is -0.814. The second-order valence-corrected chi connectivity index (χ2v) is 10.6. The number of aliphatic hydroxyl groups is 1. The Morgan fingerprint density at radius 2 is 1.71 bits per heavy atom. The molecule has 184 valence electrons. The van der Waals surface area contributed by atoms with Gasteiger partial charge >= 0.3 is 6.03 Å². The van der Waals surface area contributed by atoms with Gasteiger partial charge in [-0.3, -0.25) is 4.90 Å². The predicted octanol–water partition coefficient (Wildman–Crippen LogP) is 5.14. The van der Waals surface area contributed by atoms with Crippen LogP contribution in [0.1, 0.15) is 67.6 Å². The molecule has 2 saturated heterocycles. The summed E-state index contributed by atoms with van der Waals surface area (Å²) in [6.45, 7) is 5.70. The van der Waals surface area contributed by atoms with Crippen LogP contribution in [-0.4, -0.2) is 58.8 Å². The number of anilines is 1. The Hall–Kier alpha value is -2.81. The molecule has 2 aromatic rings. The summed E-state index contributed by atoms with van der Waals surface area (Å²) in [7, 11) is 0. The molecule has 0 radical (unpaired) electrons. The number of rotatable bonds is 2. The van der Waals surface area contributed by atoms with Gasteiger partial charge in [0.05, 0.1) is 0 Å². The Morgan fingerprint density at radius 1 is 0.971 bits per heavy atom. The third-order valence-corrected chi connectivity index (χ3v) is 7.99. The highest BCUT2D eigenvalue weighted by Gasteiger charge is 2.38. The van der Waals surface area contributed by atoms with Crippen molar-refractivity contribution < 1.29 is 9.90 Å². The summed E-state index contributed by atoms with van der Waals surface area (Å²) in [5.74, 6) is 6.77. The van der Waals surface area contributed by atoms with Crippen molar-refractivity contribution in [1.29, 1.82) is 0 Å². The van der Waals surface area contributed by atoms with E-state index in [1.165, 1.54) is 17.5 Å². The van der Waals surface area contributed by atoms with Crippen LogP contribution in [-0.2, 0) is 0 Å². The zero-order chi connectivity index (χ0) is 24.3. The molecule has 0 spiro atoms. The first-order chi connectivity index (χ1) is 17.0. The summed E-state index contributed by atoms with van der Waals surface area (Å²) >= 11 is 0. The number of nitrogens with zero attached hydrogens (tertiary/aromatic N) is 2. The van der Waals surface area contributed by atoms with Crippen LogP contribution < -0.4 is 5.32 Å². The first-order valence-electron chi connectivity index (χ1n) is 13.2. The lowest BCUT2D eigenvalue weighted by Gasteiger charge is -2.30. The van der Waals surface area contributed by atoms with E-state index < -0.39 is 5.60 Å². The number of benzene rings is 2. The van der Waals surface area contributed by atoms with Gasteiger partial charge in [-0.25, -0.2) is 4.79 Å². The smallest absolute Gasteiger partial charge is 0.321 e. The highest BCUT2D eigenvalue weighted by molar-refractivity contribution is 5.89. The van der Waals surface area contributed by atoms with Gasteiger partial charge < -0.3 is 15.3 Å². The molecule has 2 atom stereocenters. The van der Waals surface area contributed by atoms with Crippen LogP contribution in [0.4, 0.5) is 10.5 Å². The van der Waals surface area contributed by atoms with Crippen LogP contribution in [0.3, 0.4) is 0 Å². The topological polar surface area (TPSA) is 55.8 Å². The van der Waals surface area contributed by atoms with Gasteiger partial charge in [0.25, 0.3) is 0 Å². The number of nitrogens with one attached hydrogen (secondary N) is 1. The van der Waals surface area contributed by atoms with Gasteiger partial charge in [-0.2, -0.15) is 0 Å². The lowest BCUT2D eigenvalue weighted by Crippen LogP contribution is -2.43. The summed E-state index contributed by atoms with van der Waals surface area (Å²) in [6.07, 6.45) is 7.00. The van der Waals surface area contributed by atoms with Crippen molar-refractivity contribution in [2.24, 2.45) is 0 Å². The van der Waals surface area contributed by atoms with Gasteiger partial charge in [-0.1, -0.05) is 48.1 Å². The van der Waals surface area contributed by atoms with Crippen molar-refractivity contribution in [2.45, 2.75) is 69.4 Å². The molecule has 2 heterocycles. The maximum Gasteiger partial charge on any atom is 0.321 e. The summed E-state index contributed by atoms with van der Waals surface area (Å²) in [5, 5.41) is 13.8. The number of amides is 2. The highest BCUT2D eigenvalue weighted by Crippen LogP contribution is 2.35. The third-order valence-electron chi connectivity index (χ3n) is 7.99. The average Bonchev–Trinajstić information content (AvgIpc) is 3.14. The monoisotopic (exact) mass is 471 g/mol. The Morgan fingerprint density at radius 3 is 2.46 bits per heavy atom. The van der Waals surface area contributed by atoms with E-state index in [-0.39, 0.29) is 6.03 Å². The van der Waals surface area contributed by atoms with Gasteiger partial charge in [0.2, 0.25) is 0 Å². The molecule has 0 unspecified atom stereocenters. The van der Waals surface area contributed by atoms with Crippen molar-refractivity contribution >= 4 is 11.7 Å². The number of urea groups is 1. The Balaban J connectivity index is 1.26. The molecule has 2 aromatic carbocycles. The Labute approximate surface area is 209 Å². The molecule has 1 saturated carbocycles. The molecule has 2 amide bonds. The fraction of sp³-hybridized carbons (Fsp3) is 0.500. The second-order valence-electron chi connectivity index (χ2n) is 10.6. The number of hydrogen-bond donors (Lipinski definition) is 2. The minimum absolute atomic E-state index is 0.00683. The Bertz CT molecular complexity index is 1080. The highest BCUT2D eigenvalue weighted by atomic mass is 16.3. The van der Waals surface area contributed by atoms with Gasteiger partial charge in [0.1, 0.15) is 5.60 Å². The maximum atomic E-state index is 13.1. The second kappa shape index (κ2) is 10.4. The third kappa shape index (κ3) is 5.72. The van der Waals surface area contributed by atoms with E-state index >= 15 is 0 Å². The van der Waals surface area contributed by atoms with Crippen LogP contribution in [0.2, 0.25) is 0 Å². The maximum absolute atomic E-state index is 13.1. The van der Waals surface area contributed by atoms with E-state index in [2.05, 4.69) is 46.3 Å². The summed E-state index contributed by atoms with van der Waals surface area (Å²) in [6, 6.07) is 16.9. The molecule has 1 aliphatic carbocycles. The number of hydrogen-bond acceptors (Lipinski definition) is 3. The van der Waals surface area contributed by atoms with E-state index in [4.69, 9.17) is 0 Å². The molecule has 35 heavy (non-hydrogen) atoms. The van der Waals surface area contributed by atoms with Gasteiger partial charge in [-0.15, -0.1) is 0 Å². The summed E-state index contributed by atoms with van der Waals surface area (Å²) in [5.41, 5.74) is 3.50. The fourth-order valence-electron chi connectivity index (χ4n) is 5.90.